The second-order valence-electron chi connectivity index (χ2n) is 7.04. The molecule has 0 aliphatic rings. The lowest BCUT2D eigenvalue weighted by atomic mass is 10.1. The van der Waals surface area contributed by atoms with Gasteiger partial charge < -0.3 is 19.7 Å². The SMILES string of the molecule is O=C(O)Cn1ccc2c(Oc3ccc(NC(=O)c4ccc(C(F)(F)F)cc4)cn3)cccc21. The number of carbonyl (C=O) groups excluding carboxylic acids is 1. The third kappa shape index (κ3) is 4.95. The first-order valence-corrected chi connectivity index (χ1v) is 9.63. The highest BCUT2D eigenvalue weighted by atomic mass is 19.4. The molecule has 10 heteroatoms. The van der Waals surface area contributed by atoms with Crippen LogP contribution in [0.1, 0.15) is 15.9 Å². The van der Waals surface area contributed by atoms with Gasteiger partial charge in [0.25, 0.3) is 5.91 Å². The molecule has 2 heterocycles. The monoisotopic (exact) mass is 455 g/mol. The van der Waals surface area contributed by atoms with Crippen molar-refractivity contribution in [3.63, 3.8) is 0 Å². The van der Waals surface area contributed by atoms with Crippen LogP contribution in [0.25, 0.3) is 10.9 Å². The summed E-state index contributed by atoms with van der Waals surface area (Å²) in [5, 5.41) is 12.3. The molecular weight excluding hydrogens is 439 g/mol. The number of halogens is 3. The van der Waals surface area contributed by atoms with Gasteiger partial charge in [0.1, 0.15) is 12.3 Å². The highest BCUT2D eigenvalue weighted by molar-refractivity contribution is 6.04. The number of hydrogen-bond donors (Lipinski definition) is 2. The molecule has 2 aromatic heterocycles. The predicted octanol–water partition coefficient (Wildman–Crippen LogP) is 5.18. The summed E-state index contributed by atoms with van der Waals surface area (Å²) >= 11 is 0. The number of nitrogens with one attached hydrogen (secondary N) is 1. The van der Waals surface area contributed by atoms with Crippen molar-refractivity contribution in [3.05, 3.63) is 84.2 Å². The zero-order chi connectivity index (χ0) is 23.6. The fourth-order valence-corrected chi connectivity index (χ4v) is 3.21. The summed E-state index contributed by atoms with van der Waals surface area (Å²) in [6.07, 6.45) is -1.47. The highest BCUT2D eigenvalue weighted by Gasteiger charge is 2.30. The van der Waals surface area contributed by atoms with E-state index in [1.807, 2.05) is 0 Å². The number of anilines is 1. The Kier molecular flexibility index (Phi) is 5.74. The molecular formula is C23H16F3N3O4. The summed E-state index contributed by atoms with van der Waals surface area (Å²) in [5.41, 5.74) is 0.254. The number of hydrogen-bond acceptors (Lipinski definition) is 4. The average Bonchev–Trinajstić information content (AvgIpc) is 3.18. The summed E-state index contributed by atoms with van der Waals surface area (Å²) in [6, 6.07) is 13.9. The lowest BCUT2D eigenvalue weighted by Crippen LogP contribution is -2.13. The number of carboxylic acids is 1. The number of pyridine rings is 1. The van der Waals surface area contributed by atoms with E-state index >= 15 is 0 Å². The zero-order valence-corrected chi connectivity index (χ0v) is 16.8. The molecule has 0 bridgehead atoms. The first-order valence-electron chi connectivity index (χ1n) is 9.63. The lowest BCUT2D eigenvalue weighted by molar-refractivity contribution is -0.138. The number of nitrogens with zero attached hydrogens (tertiary/aromatic N) is 2. The van der Waals surface area contributed by atoms with Gasteiger partial charge in [-0.25, -0.2) is 4.98 Å². The second kappa shape index (κ2) is 8.65. The van der Waals surface area contributed by atoms with Gasteiger partial charge in [0.2, 0.25) is 5.88 Å². The molecule has 4 rings (SSSR count). The van der Waals surface area contributed by atoms with E-state index in [2.05, 4.69) is 10.3 Å². The molecule has 0 saturated heterocycles. The van der Waals surface area contributed by atoms with Crippen molar-refractivity contribution in [2.45, 2.75) is 12.7 Å². The van der Waals surface area contributed by atoms with Gasteiger partial charge in [-0.15, -0.1) is 0 Å². The van der Waals surface area contributed by atoms with Crippen LogP contribution in [0, 0.1) is 0 Å². The lowest BCUT2D eigenvalue weighted by Gasteiger charge is -2.10. The van der Waals surface area contributed by atoms with Crippen LogP contribution in [0.15, 0.2) is 73.1 Å². The number of amides is 1. The van der Waals surface area contributed by atoms with Gasteiger partial charge >= 0.3 is 12.1 Å². The van der Waals surface area contributed by atoms with Gasteiger partial charge in [-0.05, 0) is 48.5 Å². The van der Waals surface area contributed by atoms with Gasteiger partial charge in [0, 0.05) is 23.2 Å². The molecule has 2 aromatic carbocycles. The fourth-order valence-electron chi connectivity index (χ4n) is 3.21. The molecule has 0 radical (unpaired) electrons. The van der Waals surface area contributed by atoms with Crippen LogP contribution in [-0.4, -0.2) is 26.5 Å². The number of alkyl halides is 3. The highest BCUT2D eigenvalue weighted by Crippen LogP contribution is 2.31. The van der Waals surface area contributed by atoms with Gasteiger partial charge in [-0.1, -0.05) is 6.07 Å². The molecule has 33 heavy (non-hydrogen) atoms. The number of aromatic nitrogens is 2. The first kappa shape index (κ1) is 21.9. The van der Waals surface area contributed by atoms with Crippen LogP contribution in [0.2, 0.25) is 0 Å². The maximum Gasteiger partial charge on any atom is 0.416 e. The van der Waals surface area contributed by atoms with Crippen molar-refractivity contribution in [2.75, 3.05) is 5.32 Å². The Balaban J connectivity index is 1.45. The molecule has 0 aliphatic carbocycles. The van der Waals surface area contributed by atoms with Gasteiger partial charge in [-0.2, -0.15) is 13.2 Å². The Morgan fingerprint density at radius 2 is 1.79 bits per heavy atom. The minimum absolute atomic E-state index is 0.0703. The van der Waals surface area contributed by atoms with Gasteiger partial charge in [0.15, 0.2) is 0 Å². The Labute approximate surface area is 185 Å². The molecule has 0 fully saturated rings. The normalized spacial score (nSPS) is 11.4. The number of fused-ring (bicyclic) bond motifs is 1. The van der Waals surface area contributed by atoms with Crippen molar-refractivity contribution < 1.29 is 32.6 Å². The molecule has 4 aromatic rings. The molecule has 0 aliphatic heterocycles. The number of carbonyl (C=O) groups is 2. The Bertz CT molecular complexity index is 1310. The fraction of sp³-hybridized carbons (Fsp3) is 0.0870. The van der Waals surface area contributed by atoms with Crippen LogP contribution in [-0.2, 0) is 17.5 Å². The molecule has 7 nitrogen and oxygen atoms in total. The van der Waals surface area contributed by atoms with Crippen LogP contribution < -0.4 is 10.1 Å². The molecule has 168 valence electrons. The maximum absolute atomic E-state index is 12.7. The van der Waals surface area contributed by atoms with E-state index in [-0.39, 0.29) is 18.0 Å². The first-order chi connectivity index (χ1) is 15.7. The number of carboxylic acid groups (broad SMARTS) is 1. The third-order valence-corrected chi connectivity index (χ3v) is 4.76. The molecule has 1 amide bonds. The smallest absolute Gasteiger partial charge is 0.416 e. The number of benzene rings is 2. The topological polar surface area (TPSA) is 93.5 Å². The van der Waals surface area contributed by atoms with Crippen LogP contribution in [0.5, 0.6) is 11.6 Å². The number of rotatable bonds is 6. The summed E-state index contributed by atoms with van der Waals surface area (Å²) in [5.74, 6) is -0.829. The molecule has 0 saturated carbocycles. The standard InChI is InChI=1S/C23H16F3N3O4/c24-23(25,26)15-6-4-14(5-7-15)22(32)28-16-8-9-20(27-12-16)33-19-3-1-2-18-17(19)10-11-29(18)13-21(30)31/h1-12H,13H2,(H,28,32)(H,30,31). The van der Waals surface area contributed by atoms with Crippen molar-refractivity contribution in [2.24, 2.45) is 0 Å². The largest absolute Gasteiger partial charge is 0.480 e. The Morgan fingerprint density at radius 3 is 2.42 bits per heavy atom. The van der Waals surface area contributed by atoms with Gasteiger partial charge in [-0.3, -0.25) is 9.59 Å². The van der Waals surface area contributed by atoms with Gasteiger partial charge in [0.05, 0.1) is 23.0 Å². The summed E-state index contributed by atoms with van der Waals surface area (Å²) < 4.78 is 45.4. The minimum atomic E-state index is -4.47. The van der Waals surface area contributed by atoms with E-state index in [4.69, 9.17) is 9.84 Å². The molecule has 0 atom stereocenters. The van der Waals surface area contributed by atoms with Crippen molar-refractivity contribution in [3.8, 4) is 11.6 Å². The Morgan fingerprint density at radius 1 is 1.03 bits per heavy atom. The predicted molar refractivity (Wildman–Crippen MR) is 113 cm³/mol. The molecule has 2 N–H and O–H groups in total. The maximum atomic E-state index is 12.7. The van der Waals surface area contributed by atoms with Crippen LogP contribution in [0.4, 0.5) is 18.9 Å². The van der Waals surface area contributed by atoms with E-state index < -0.39 is 23.6 Å². The zero-order valence-electron chi connectivity index (χ0n) is 16.8. The van der Waals surface area contributed by atoms with Crippen molar-refractivity contribution in [1.29, 1.82) is 0 Å². The quantitative estimate of drug-likeness (QED) is 0.418. The summed E-state index contributed by atoms with van der Waals surface area (Å²) in [4.78, 5) is 27.4. The minimum Gasteiger partial charge on any atom is -0.480 e. The summed E-state index contributed by atoms with van der Waals surface area (Å²) in [6.45, 7) is -0.182. The van der Waals surface area contributed by atoms with E-state index in [1.54, 1.807) is 41.1 Å². The van der Waals surface area contributed by atoms with E-state index in [0.717, 1.165) is 24.3 Å². The second-order valence-corrected chi connectivity index (χ2v) is 7.04. The van der Waals surface area contributed by atoms with Crippen LogP contribution in [0.3, 0.4) is 0 Å². The Hall–Kier alpha value is -4.34. The average molecular weight is 455 g/mol. The summed E-state index contributed by atoms with van der Waals surface area (Å²) in [7, 11) is 0. The molecule has 0 unspecified atom stereocenters. The van der Waals surface area contributed by atoms with Crippen molar-refractivity contribution in [1.82, 2.24) is 9.55 Å². The van der Waals surface area contributed by atoms with E-state index in [0.29, 0.717) is 22.3 Å². The van der Waals surface area contributed by atoms with E-state index in [1.165, 1.54) is 12.3 Å². The van der Waals surface area contributed by atoms with Crippen molar-refractivity contribution >= 4 is 28.5 Å². The number of ether oxygens (including phenoxy) is 1. The number of aliphatic carboxylic acids is 1. The molecule has 0 spiro atoms. The third-order valence-electron chi connectivity index (χ3n) is 4.76. The van der Waals surface area contributed by atoms with E-state index in [9.17, 15) is 22.8 Å². The van der Waals surface area contributed by atoms with Crippen LogP contribution >= 0.6 is 0 Å².